The summed E-state index contributed by atoms with van der Waals surface area (Å²) in [5.41, 5.74) is 1.84. The molecule has 1 aromatic carbocycles. The molecule has 1 aromatic heterocycles. The van der Waals surface area contributed by atoms with Crippen LogP contribution in [0.25, 0.3) is 11.1 Å². The van der Waals surface area contributed by atoms with Gasteiger partial charge in [0.25, 0.3) is 6.01 Å². The minimum absolute atomic E-state index is 0. The maximum absolute atomic E-state index is 5.88. The molecule has 23 heavy (non-hydrogen) atoms. The molecule has 5 nitrogen and oxygen atoms in total. The topological polar surface area (TPSA) is 44.5 Å². The van der Waals surface area contributed by atoms with E-state index in [1.165, 1.54) is 32.5 Å². The first-order chi connectivity index (χ1) is 10.9. The first-order valence-electron chi connectivity index (χ1n) is 8.42. The van der Waals surface area contributed by atoms with Gasteiger partial charge in [0.1, 0.15) is 5.52 Å². The van der Waals surface area contributed by atoms with Crippen molar-refractivity contribution in [3.05, 3.63) is 24.3 Å². The summed E-state index contributed by atoms with van der Waals surface area (Å²) < 4.78 is 5.88. The van der Waals surface area contributed by atoms with Gasteiger partial charge in [-0.3, -0.25) is 4.90 Å². The molecule has 2 aliphatic heterocycles. The normalized spacial score (nSPS) is 20.6. The monoisotopic (exact) mass is 336 g/mol. The van der Waals surface area contributed by atoms with Gasteiger partial charge in [0.05, 0.1) is 0 Å². The number of rotatable bonds is 3. The predicted molar refractivity (Wildman–Crippen MR) is 95.5 cm³/mol. The molecule has 6 heteroatoms. The third-order valence-electron chi connectivity index (χ3n) is 4.90. The number of nitrogens with zero attached hydrogens (tertiary/aromatic N) is 3. The van der Waals surface area contributed by atoms with Gasteiger partial charge in [-0.15, -0.1) is 12.4 Å². The van der Waals surface area contributed by atoms with Crippen molar-refractivity contribution in [2.24, 2.45) is 5.92 Å². The van der Waals surface area contributed by atoms with Gasteiger partial charge in [0.15, 0.2) is 5.58 Å². The van der Waals surface area contributed by atoms with Crippen LogP contribution in [0.3, 0.4) is 0 Å². The van der Waals surface area contributed by atoms with Crippen molar-refractivity contribution in [1.82, 2.24) is 15.2 Å². The summed E-state index contributed by atoms with van der Waals surface area (Å²) in [5, 5.41) is 3.45. The molecule has 0 saturated carbocycles. The van der Waals surface area contributed by atoms with Crippen molar-refractivity contribution in [2.75, 3.05) is 50.7 Å². The Bertz CT molecular complexity index is 585. The Kier molecular flexibility index (Phi) is 5.41. The summed E-state index contributed by atoms with van der Waals surface area (Å²) in [7, 11) is 0. The van der Waals surface area contributed by atoms with E-state index in [0.29, 0.717) is 0 Å². The Morgan fingerprint density at radius 2 is 1.83 bits per heavy atom. The number of aromatic nitrogens is 1. The zero-order valence-corrected chi connectivity index (χ0v) is 14.2. The van der Waals surface area contributed by atoms with Gasteiger partial charge in [0.2, 0.25) is 0 Å². The van der Waals surface area contributed by atoms with Gasteiger partial charge < -0.3 is 14.6 Å². The number of fused-ring (bicyclic) bond motifs is 1. The Morgan fingerprint density at radius 1 is 1.09 bits per heavy atom. The molecule has 2 fully saturated rings. The molecule has 1 N–H and O–H groups in total. The van der Waals surface area contributed by atoms with E-state index in [1.807, 2.05) is 24.3 Å². The van der Waals surface area contributed by atoms with Crippen LogP contribution in [0.15, 0.2) is 28.7 Å². The lowest BCUT2D eigenvalue weighted by Gasteiger charge is -2.36. The number of piperidine rings is 1. The lowest BCUT2D eigenvalue weighted by Crippen LogP contribution is -2.48. The van der Waals surface area contributed by atoms with Crippen molar-refractivity contribution in [3.8, 4) is 0 Å². The minimum atomic E-state index is 0. The van der Waals surface area contributed by atoms with Gasteiger partial charge in [-0.1, -0.05) is 12.1 Å². The Balaban J connectivity index is 0.00000156. The van der Waals surface area contributed by atoms with Crippen molar-refractivity contribution < 1.29 is 4.42 Å². The van der Waals surface area contributed by atoms with E-state index in [1.54, 1.807) is 0 Å². The van der Waals surface area contributed by atoms with Crippen LogP contribution in [-0.2, 0) is 0 Å². The fraction of sp³-hybridized carbons (Fsp3) is 0.588. The molecule has 4 rings (SSSR count). The number of hydrogen-bond donors (Lipinski definition) is 1. The van der Waals surface area contributed by atoms with Crippen LogP contribution in [0.5, 0.6) is 0 Å². The van der Waals surface area contributed by atoms with Crippen LogP contribution < -0.4 is 10.2 Å². The summed E-state index contributed by atoms with van der Waals surface area (Å²) in [5.74, 6) is 0.872. The molecule has 2 aliphatic rings. The molecule has 0 amide bonds. The molecule has 0 radical (unpaired) electrons. The summed E-state index contributed by atoms with van der Waals surface area (Å²) in [6.07, 6.45) is 2.65. The molecule has 2 saturated heterocycles. The fourth-order valence-electron chi connectivity index (χ4n) is 3.55. The van der Waals surface area contributed by atoms with E-state index in [9.17, 15) is 0 Å². The van der Waals surface area contributed by atoms with Gasteiger partial charge in [0, 0.05) is 32.7 Å². The highest BCUT2D eigenvalue weighted by molar-refractivity contribution is 5.85. The highest BCUT2D eigenvalue weighted by Crippen LogP contribution is 2.23. The lowest BCUT2D eigenvalue weighted by molar-refractivity contribution is 0.194. The first kappa shape index (κ1) is 16.6. The smallest absolute Gasteiger partial charge is 0.298 e. The number of anilines is 1. The van der Waals surface area contributed by atoms with Gasteiger partial charge in [-0.2, -0.15) is 4.98 Å². The minimum Gasteiger partial charge on any atom is -0.423 e. The van der Waals surface area contributed by atoms with Gasteiger partial charge >= 0.3 is 0 Å². The summed E-state index contributed by atoms with van der Waals surface area (Å²) in [4.78, 5) is 9.49. The molecule has 0 bridgehead atoms. The number of oxazole rings is 1. The highest BCUT2D eigenvalue weighted by Gasteiger charge is 2.23. The summed E-state index contributed by atoms with van der Waals surface area (Å²) in [6.45, 7) is 7.88. The standard InChI is InChI=1S/C17H24N4O.ClH/c1-2-4-16-15(3-1)19-17(22-16)21-11-9-20(10-12-21)13-14-5-7-18-8-6-14;/h1-4,14,18H,5-13H2;1H. The number of halogens is 1. The number of benzene rings is 1. The van der Waals surface area contributed by atoms with Crippen molar-refractivity contribution in [2.45, 2.75) is 12.8 Å². The fourth-order valence-corrected chi connectivity index (χ4v) is 3.55. The second-order valence-electron chi connectivity index (χ2n) is 6.45. The van der Waals surface area contributed by atoms with E-state index >= 15 is 0 Å². The molecule has 126 valence electrons. The number of para-hydroxylation sites is 2. The summed E-state index contributed by atoms with van der Waals surface area (Å²) in [6, 6.07) is 8.78. The molecule has 2 aromatic rings. The molecular weight excluding hydrogens is 312 g/mol. The van der Waals surface area contributed by atoms with Crippen molar-refractivity contribution >= 4 is 29.5 Å². The average molecular weight is 337 g/mol. The van der Waals surface area contributed by atoms with Gasteiger partial charge in [-0.05, 0) is 44.0 Å². The lowest BCUT2D eigenvalue weighted by atomic mass is 9.97. The third kappa shape index (κ3) is 3.79. The SMILES string of the molecule is Cl.c1ccc2oc(N3CCN(CC4CCNCC4)CC3)nc2c1. The van der Waals surface area contributed by atoms with E-state index in [4.69, 9.17) is 4.42 Å². The van der Waals surface area contributed by atoms with Crippen molar-refractivity contribution in [1.29, 1.82) is 0 Å². The zero-order chi connectivity index (χ0) is 14.8. The second kappa shape index (κ2) is 7.51. The molecule has 0 spiro atoms. The molecule has 0 unspecified atom stereocenters. The van der Waals surface area contributed by atoms with Crippen molar-refractivity contribution in [3.63, 3.8) is 0 Å². The van der Waals surface area contributed by atoms with Crippen LogP contribution in [0, 0.1) is 5.92 Å². The van der Waals surface area contributed by atoms with Crippen LogP contribution in [0.4, 0.5) is 6.01 Å². The largest absolute Gasteiger partial charge is 0.423 e. The zero-order valence-electron chi connectivity index (χ0n) is 13.4. The number of piperazine rings is 1. The quantitative estimate of drug-likeness (QED) is 0.932. The Morgan fingerprint density at radius 3 is 2.57 bits per heavy atom. The van der Waals surface area contributed by atoms with Crippen LogP contribution >= 0.6 is 12.4 Å². The van der Waals surface area contributed by atoms with E-state index in [2.05, 4.69) is 20.1 Å². The average Bonchev–Trinajstić information content (AvgIpc) is 3.00. The molecule has 3 heterocycles. The second-order valence-corrected chi connectivity index (χ2v) is 6.45. The van der Waals surface area contributed by atoms with Crippen LogP contribution in [0.1, 0.15) is 12.8 Å². The van der Waals surface area contributed by atoms with E-state index in [0.717, 1.165) is 49.2 Å². The molecule has 0 aliphatic carbocycles. The number of hydrogen-bond acceptors (Lipinski definition) is 5. The predicted octanol–water partition coefficient (Wildman–Crippen LogP) is 2.37. The van der Waals surface area contributed by atoms with E-state index in [-0.39, 0.29) is 12.4 Å². The highest BCUT2D eigenvalue weighted by atomic mass is 35.5. The Hall–Kier alpha value is -1.30. The maximum atomic E-state index is 5.88. The van der Waals surface area contributed by atoms with Crippen LogP contribution in [-0.4, -0.2) is 55.7 Å². The Labute approximate surface area is 143 Å². The van der Waals surface area contributed by atoms with E-state index < -0.39 is 0 Å². The number of nitrogens with one attached hydrogen (secondary N) is 1. The first-order valence-corrected chi connectivity index (χ1v) is 8.42. The molecular formula is C17H25ClN4O. The van der Waals surface area contributed by atoms with Gasteiger partial charge in [-0.25, -0.2) is 0 Å². The van der Waals surface area contributed by atoms with Crippen LogP contribution in [0.2, 0.25) is 0 Å². The maximum Gasteiger partial charge on any atom is 0.298 e. The summed E-state index contributed by atoms with van der Waals surface area (Å²) >= 11 is 0. The third-order valence-corrected chi connectivity index (χ3v) is 4.90. The molecule has 0 atom stereocenters.